The lowest BCUT2D eigenvalue weighted by Crippen LogP contribution is -2.26. The number of ether oxygens (including phenoxy) is 1. The lowest BCUT2D eigenvalue weighted by atomic mass is 10.1. The summed E-state index contributed by atoms with van der Waals surface area (Å²) < 4.78 is 33.5. The van der Waals surface area contributed by atoms with Crippen LogP contribution in [0.2, 0.25) is 0 Å². The van der Waals surface area contributed by atoms with Crippen molar-refractivity contribution in [3.63, 3.8) is 0 Å². The van der Waals surface area contributed by atoms with Gasteiger partial charge in [-0.2, -0.15) is 0 Å². The smallest absolute Gasteiger partial charge is 0.241 e. The average molecular weight is 369 g/mol. The third kappa shape index (κ3) is 3.89. The molecule has 0 aliphatic carbocycles. The molecule has 136 valence electrons. The SMILES string of the molecule is CCc1ccc([C@H](C)NS(=O)(=O)c2ccc3cc(OC)ccc3c2)cc1. The van der Waals surface area contributed by atoms with E-state index in [2.05, 4.69) is 11.6 Å². The molecule has 0 aromatic heterocycles. The molecule has 5 heteroatoms. The first-order valence-corrected chi connectivity index (χ1v) is 10.1. The fourth-order valence-electron chi connectivity index (χ4n) is 2.91. The van der Waals surface area contributed by atoms with Gasteiger partial charge in [0.15, 0.2) is 0 Å². The number of aryl methyl sites for hydroxylation is 1. The Morgan fingerprint density at radius 1 is 0.962 bits per heavy atom. The second kappa shape index (κ2) is 7.48. The lowest BCUT2D eigenvalue weighted by Gasteiger charge is -2.15. The molecule has 3 aromatic rings. The van der Waals surface area contributed by atoms with Crippen molar-refractivity contribution in [3.05, 3.63) is 71.8 Å². The number of rotatable bonds is 6. The summed E-state index contributed by atoms with van der Waals surface area (Å²) >= 11 is 0. The second-order valence-electron chi connectivity index (χ2n) is 6.31. The van der Waals surface area contributed by atoms with Crippen LogP contribution in [0.15, 0.2) is 65.6 Å². The van der Waals surface area contributed by atoms with Gasteiger partial charge in [0, 0.05) is 6.04 Å². The predicted octanol–water partition coefficient (Wildman–Crippen LogP) is 4.45. The van der Waals surface area contributed by atoms with Crippen LogP contribution in [0.5, 0.6) is 5.75 Å². The molecule has 3 rings (SSSR count). The van der Waals surface area contributed by atoms with Gasteiger partial charge in [-0.25, -0.2) is 13.1 Å². The van der Waals surface area contributed by atoms with Gasteiger partial charge in [-0.15, -0.1) is 0 Å². The average Bonchev–Trinajstić information content (AvgIpc) is 2.66. The van der Waals surface area contributed by atoms with E-state index in [0.29, 0.717) is 0 Å². The molecule has 0 radical (unpaired) electrons. The van der Waals surface area contributed by atoms with E-state index >= 15 is 0 Å². The first-order valence-electron chi connectivity index (χ1n) is 8.62. The normalized spacial score (nSPS) is 12.9. The Balaban J connectivity index is 1.85. The van der Waals surface area contributed by atoms with Crippen molar-refractivity contribution in [1.82, 2.24) is 4.72 Å². The predicted molar refractivity (Wildman–Crippen MR) is 105 cm³/mol. The zero-order chi connectivity index (χ0) is 18.7. The number of nitrogens with one attached hydrogen (secondary N) is 1. The lowest BCUT2D eigenvalue weighted by molar-refractivity contribution is 0.415. The van der Waals surface area contributed by atoms with Gasteiger partial charge in [-0.05, 0) is 59.5 Å². The van der Waals surface area contributed by atoms with Crippen LogP contribution < -0.4 is 9.46 Å². The van der Waals surface area contributed by atoms with Crippen LogP contribution in [0.25, 0.3) is 10.8 Å². The summed E-state index contributed by atoms with van der Waals surface area (Å²) in [5, 5.41) is 1.79. The van der Waals surface area contributed by atoms with E-state index in [-0.39, 0.29) is 10.9 Å². The van der Waals surface area contributed by atoms with Crippen LogP contribution in [-0.4, -0.2) is 15.5 Å². The number of methoxy groups -OCH3 is 1. The van der Waals surface area contributed by atoms with Crippen LogP contribution in [0.1, 0.15) is 31.0 Å². The minimum absolute atomic E-state index is 0.257. The van der Waals surface area contributed by atoms with Gasteiger partial charge in [0.1, 0.15) is 5.75 Å². The molecule has 0 saturated carbocycles. The van der Waals surface area contributed by atoms with E-state index in [1.165, 1.54) is 5.56 Å². The number of benzene rings is 3. The molecule has 0 amide bonds. The summed E-state index contributed by atoms with van der Waals surface area (Å²) in [6.07, 6.45) is 0.961. The quantitative estimate of drug-likeness (QED) is 0.698. The van der Waals surface area contributed by atoms with E-state index in [1.54, 1.807) is 25.3 Å². The zero-order valence-corrected chi connectivity index (χ0v) is 16.0. The Morgan fingerprint density at radius 3 is 2.27 bits per heavy atom. The molecule has 1 atom stereocenters. The monoisotopic (exact) mass is 369 g/mol. The van der Waals surface area contributed by atoms with Gasteiger partial charge in [0.25, 0.3) is 0 Å². The van der Waals surface area contributed by atoms with Gasteiger partial charge in [-0.3, -0.25) is 0 Å². The molecule has 0 saturated heterocycles. The van der Waals surface area contributed by atoms with Crippen molar-refractivity contribution in [2.75, 3.05) is 7.11 Å². The molecular formula is C21H23NO3S. The highest BCUT2D eigenvalue weighted by molar-refractivity contribution is 7.89. The molecule has 0 heterocycles. The van der Waals surface area contributed by atoms with E-state index in [0.717, 1.165) is 28.5 Å². The van der Waals surface area contributed by atoms with Crippen molar-refractivity contribution in [3.8, 4) is 5.75 Å². The molecule has 1 N–H and O–H groups in total. The van der Waals surface area contributed by atoms with Crippen LogP contribution in [0, 0.1) is 0 Å². The van der Waals surface area contributed by atoms with Crippen molar-refractivity contribution in [1.29, 1.82) is 0 Å². The topological polar surface area (TPSA) is 55.4 Å². The Kier molecular flexibility index (Phi) is 5.30. The maximum atomic E-state index is 12.8. The number of hydrogen-bond acceptors (Lipinski definition) is 3. The molecule has 4 nitrogen and oxygen atoms in total. The number of hydrogen-bond donors (Lipinski definition) is 1. The molecule has 0 aliphatic heterocycles. The molecule has 26 heavy (non-hydrogen) atoms. The third-order valence-corrected chi connectivity index (χ3v) is 6.09. The van der Waals surface area contributed by atoms with Crippen LogP contribution in [0.4, 0.5) is 0 Å². The summed E-state index contributed by atoms with van der Waals surface area (Å²) in [6.45, 7) is 3.95. The molecule has 0 aliphatic rings. The Labute approximate surface area is 154 Å². The van der Waals surface area contributed by atoms with Crippen LogP contribution in [0.3, 0.4) is 0 Å². The standard InChI is InChI=1S/C21H23NO3S/c1-4-16-5-7-17(8-6-16)15(2)22-26(23,24)21-12-10-18-13-20(25-3)11-9-19(18)14-21/h5-15,22H,4H2,1-3H3/t15-/m0/s1. The van der Waals surface area contributed by atoms with Crippen molar-refractivity contribution in [2.45, 2.75) is 31.2 Å². The highest BCUT2D eigenvalue weighted by atomic mass is 32.2. The zero-order valence-electron chi connectivity index (χ0n) is 15.2. The van der Waals surface area contributed by atoms with Crippen molar-refractivity contribution < 1.29 is 13.2 Å². The van der Waals surface area contributed by atoms with Crippen LogP contribution in [-0.2, 0) is 16.4 Å². The minimum Gasteiger partial charge on any atom is -0.497 e. The molecule has 0 unspecified atom stereocenters. The molecule has 0 fully saturated rings. The maximum Gasteiger partial charge on any atom is 0.241 e. The van der Waals surface area contributed by atoms with E-state index in [4.69, 9.17) is 4.74 Å². The summed E-state index contributed by atoms with van der Waals surface area (Å²) in [4.78, 5) is 0.257. The number of sulfonamides is 1. The fraction of sp³-hybridized carbons (Fsp3) is 0.238. The van der Waals surface area contributed by atoms with Crippen LogP contribution >= 0.6 is 0 Å². The number of fused-ring (bicyclic) bond motifs is 1. The molecule has 3 aromatic carbocycles. The summed E-state index contributed by atoms with van der Waals surface area (Å²) in [6, 6.07) is 18.4. The summed E-state index contributed by atoms with van der Waals surface area (Å²) in [5.41, 5.74) is 2.17. The molecule has 0 bridgehead atoms. The van der Waals surface area contributed by atoms with Gasteiger partial charge in [0.2, 0.25) is 10.0 Å². The summed E-state index contributed by atoms with van der Waals surface area (Å²) in [5.74, 6) is 0.746. The maximum absolute atomic E-state index is 12.8. The minimum atomic E-state index is -3.61. The fourth-order valence-corrected chi connectivity index (χ4v) is 4.17. The van der Waals surface area contributed by atoms with Gasteiger partial charge >= 0.3 is 0 Å². The van der Waals surface area contributed by atoms with Crippen molar-refractivity contribution in [2.24, 2.45) is 0 Å². The summed E-state index contributed by atoms with van der Waals surface area (Å²) in [7, 11) is -2.00. The van der Waals surface area contributed by atoms with E-state index in [1.807, 2.05) is 49.4 Å². The molecule has 0 spiro atoms. The van der Waals surface area contributed by atoms with Gasteiger partial charge in [-0.1, -0.05) is 43.3 Å². The first kappa shape index (κ1) is 18.4. The van der Waals surface area contributed by atoms with Gasteiger partial charge in [0.05, 0.1) is 12.0 Å². The third-order valence-electron chi connectivity index (χ3n) is 4.55. The Bertz CT molecular complexity index is 1010. The Hall–Kier alpha value is -2.37. The molecular weight excluding hydrogens is 346 g/mol. The largest absolute Gasteiger partial charge is 0.497 e. The van der Waals surface area contributed by atoms with E-state index < -0.39 is 10.0 Å². The van der Waals surface area contributed by atoms with Crippen molar-refractivity contribution >= 4 is 20.8 Å². The van der Waals surface area contributed by atoms with E-state index in [9.17, 15) is 8.42 Å². The Morgan fingerprint density at radius 2 is 1.62 bits per heavy atom. The highest BCUT2D eigenvalue weighted by Crippen LogP contribution is 2.25. The second-order valence-corrected chi connectivity index (χ2v) is 8.03. The van der Waals surface area contributed by atoms with Gasteiger partial charge < -0.3 is 4.74 Å². The first-order chi connectivity index (χ1) is 12.4. The highest BCUT2D eigenvalue weighted by Gasteiger charge is 2.18.